The average Bonchev–Trinajstić information content (AvgIpc) is 2.69. The molecule has 1 aliphatic rings. The first-order valence-corrected chi connectivity index (χ1v) is 4.61. The van der Waals surface area contributed by atoms with E-state index in [1.54, 1.807) is 0 Å². The van der Waals surface area contributed by atoms with E-state index in [-0.39, 0.29) is 0 Å². The normalized spacial score (nSPS) is 23.7. The molecule has 1 saturated carbocycles. The maximum absolute atomic E-state index is 5.24. The quantitative estimate of drug-likeness (QED) is 0.608. The van der Waals surface area contributed by atoms with Crippen LogP contribution >= 0.6 is 0 Å². The molecule has 0 heterocycles. The van der Waals surface area contributed by atoms with Crippen molar-refractivity contribution >= 4 is 0 Å². The summed E-state index contributed by atoms with van der Waals surface area (Å²) >= 11 is 0. The van der Waals surface area contributed by atoms with Gasteiger partial charge in [-0.2, -0.15) is 0 Å². The van der Waals surface area contributed by atoms with Crippen molar-refractivity contribution in [2.75, 3.05) is 13.7 Å². The van der Waals surface area contributed by atoms with Crippen LogP contribution < -0.4 is 0 Å². The van der Waals surface area contributed by atoms with Gasteiger partial charge in [0.1, 0.15) is 0 Å². The number of hydrogen-bond acceptors (Lipinski definition) is 1. The van der Waals surface area contributed by atoms with Crippen molar-refractivity contribution < 1.29 is 4.74 Å². The fraction of sp³-hybridized carbons (Fsp3) is 1.00. The Kier molecular flexibility index (Phi) is 2.58. The minimum atomic E-state index is 0.558. The van der Waals surface area contributed by atoms with Crippen LogP contribution in [-0.4, -0.2) is 13.7 Å². The van der Waals surface area contributed by atoms with Gasteiger partial charge in [-0.05, 0) is 30.1 Å². The van der Waals surface area contributed by atoms with Gasteiger partial charge in [0.25, 0.3) is 0 Å². The van der Waals surface area contributed by atoms with Crippen LogP contribution in [0, 0.1) is 17.3 Å². The van der Waals surface area contributed by atoms with Crippen LogP contribution in [0.1, 0.15) is 33.6 Å². The minimum absolute atomic E-state index is 0.558. The molecule has 0 N–H and O–H groups in total. The second-order valence-corrected chi connectivity index (χ2v) is 4.33. The van der Waals surface area contributed by atoms with E-state index < -0.39 is 0 Å². The monoisotopic (exact) mass is 156 g/mol. The number of methoxy groups -OCH3 is 1. The van der Waals surface area contributed by atoms with E-state index in [1.807, 2.05) is 7.11 Å². The minimum Gasteiger partial charge on any atom is -0.384 e. The molecule has 1 atom stereocenters. The summed E-state index contributed by atoms with van der Waals surface area (Å²) in [4.78, 5) is 0. The molecular weight excluding hydrogens is 136 g/mol. The van der Waals surface area contributed by atoms with E-state index in [0.29, 0.717) is 5.41 Å². The Morgan fingerprint density at radius 3 is 2.09 bits per heavy atom. The van der Waals surface area contributed by atoms with Crippen molar-refractivity contribution in [2.45, 2.75) is 33.6 Å². The first-order chi connectivity index (χ1) is 5.12. The molecule has 1 heteroatoms. The van der Waals surface area contributed by atoms with Crippen molar-refractivity contribution in [3.8, 4) is 0 Å². The van der Waals surface area contributed by atoms with Gasteiger partial charge < -0.3 is 4.74 Å². The van der Waals surface area contributed by atoms with Crippen LogP contribution in [0.3, 0.4) is 0 Å². The first-order valence-electron chi connectivity index (χ1n) is 4.61. The van der Waals surface area contributed by atoms with Gasteiger partial charge >= 0.3 is 0 Å². The fourth-order valence-corrected chi connectivity index (χ4v) is 1.89. The Labute approximate surface area is 70.1 Å². The standard InChI is InChI=1S/C10H20O/c1-8(2)9(3)10(5-6-10)7-11-4/h8-9H,5-7H2,1-4H3. The van der Waals surface area contributed by atoms with Gasteiger partial charge in [-0.1, -0.05) is 20.8 Å². The molecule has 0 aliphatic heterocycles. The van der Waals surface area contributed by atoms with E-state index in [1.165, 1.54) is 12.8 Å². The van der Waals surface area contributed by atoms with E-state index >= 15 is 0 Å². The smallest absolute Gasteiger partial charge is 0.0521 e. The van der Waals surface area contributed by atoms with E-state index in [2.05, 4.69) is 20.8 Å². The van der Waals surface area contributed by atoms with Crippen molar-refractivity contribution in [3.63, 3.8) is 0 Å². The zero-order valence-electron chi connectivity index (χ0n) is 8.18. The molecular formula is C10H20O. The Bertz CT molecular complexity index is 125. The van der Waals surface area contributed by atoms with Crippen molar-refractivity contribution in [3.05, 3.63) is 0 Å². The third kappa shape index (κ3) is 1.76. The van der Waals surface area contributed by atoms with Gasteiger partial charge in [0.15, 0.2) is 0 Å². The van der Waals surface area contributed by atoms with Gasteiger partial charge in [0.05, 0.1) is 6.61 Å². The lowest BCUT2D eigenvalue weighted by Gasteiger charge is -2.25. The van der Waals surface area contributed by atoms with Crippen LogP contribution in [0.25, 0.3) is 0 Å². The van der Waals surface area contributed by atoms with Crippen LogP contribution in [0.2, 0.25) is 0 Å². The third-order valence-electron chi connectivity index (χ3n) is 3.29. The molecule has 1 nitrogen and oxygen atoms in total. The molecule has 1 rings (SSSR count). The van der Waals surface area contributed by atoms with Crippen LogP contribution in [-0.2, 0) is 4.74 Å². The van der Waals surface area contributed by atoms with E-state index in [4.69, 9.17) is 4.74 Å². The molecule has 0 spiro atoms. The number of hydrogen-bond donors (Lipinski definition) is 0. The number of ether oxygens (including phenoxy) is 1. The van der Waals surface area contributed by atoms with Crippen LogP contribution in [0.5, 0.6) is 0 Å². The molecule has 1 fully saturated rings. The predicted octanol–water partition coefficient (Wildman–Crippen LogP) is 2.71. The average molecular weight is 156 g/mol. The maximum Gasteiger partial charge on any atom is 0.0521 e. The number of rotatable bonds is 4. The summed E-state index contributed by atoms with van der Waals surface area (Å²) in [7, 11) is 1.81. The third-order valence-corrected chi connectivity index (χ3v) is 3.29. The van der Waals surface area contributed by atoms with Crippen LogP contribution in [0.4, 0.5) is 0 Å². The van der Waals surface area contributed by atoms with Crippen molar-refractivity contribution in [2.24, 2.45) is 17.3 Å². The SMILES string of the molecule is COCC1(C(C)C(C)C)CC1. The summed E-state index contributed by atoms with van der Waals surface area (Å²) in [5, 5.41) is 0. The van der Waals surface area contributed by atoms with Gasteiger partial charge in [-0.15, -0.1) is 0 Å². The second kappa shape index (κ2) is 3.14. The topological polar surface area (TPSA) is 9.23 Å². The summed E-state index contributed by atoms with van der Waals surface area (Å²) in [5.41, 5.74) is 0.558. The molecule has 0 aromatic rings. The largest absolute Gasteiger partial charge is 0.384 e. The Morgan fingerprint density at radius 2 is 1.82 bits per heavy atom. The molecule has 0 amide bonds. The summed E-state index contributed by atoms with van der Waals surface area (Å²) in [6, 6.07) is 0. The molecule has 1 unspecified atom stereocenters. The zero-order valence-corrected chi connectivity index (χ0v) is 8.18. The van der Waals surface area contributed by atoms with E-state index in [9.17, 15) is 0 Å². The highest BCUT2D eigenvalue weighted by molar-refractivity contribution is 4.97. The summed E-state index contributed by atoms with van der Waals surface area (Å²) < 4.78 is 5.24. The Morgan fingerprint density at radius 1 is 1.27 bits per heavy atom. The molecule has 0 aromatic carbocycles. The van der Waals surface area contributed by atoms with Crippen LogP contribution in [0.15, 0.2) is 0 Å². The highest BCUT2D eigenvalue weighted by atomic mass is 16.5. The maximum atomic E-state index is 5.24. The molecule has 0 bridgehead atoms. The fourth-order valence-electron chi connectivity index (χ4n) is 1.89. The Balaban J connectivity index is 2.44. The highest BCUT2D eigenvalue weighted by Gasteiger charge is 2.47. The lowest BCUT2D eigenvalue weighted by Crippen LogP contribution is -2.22. The van der Waals surface area contributed by atoms with Gasteiger partial charge in [0.2, 0.25) is 0 Å². The first kappa shape index (κ1) is 9.05. The lowest BCUT2D eigenvalue weighted by atomic mass is 9.83. The van der Waals surface area contributed by atoms with Gasteiger partial charge in [-0.3, -0.25) is 0 Å². The summed E-state index contributed by atoms with van der Waals surface area (Å²) in [6.45, 7) is 7.93. The molecule has 0 radical (unpaired) electrons. The van der Waals surface area contributed by atoms with Gasteiger partial charge in [0, 0.05) is 7.11 Å². The zero-order chi connectivity index (χ0) is 8.48. The van der Waals surface area contributed by atoms with Crippen molar-refractivity contribution in [1.82, 2.24) is 0 Å². The molecule has 11 heavy (non-hydrogen) atoms. The predicted molar refractivity (Wildman–Crippen MR) is 47.5 cm³/mol. The summed E-state index contributed by atoms with van der Waals surface area (Å²) in [5.74, 6) is 1.62. The molecule has 0 saturated heterocycles. The molecule has 66 valence electrons. The lowest BCUT2D eigenvalue weighted by molar-refractivity contribution is 0.0934. The molecule has 1 aliphatic carbocycles. The summed E-state index contributed by atoms with van der Waals surface area (Å²) in [6.07, 6.45) is 2.75. The molecule has 0 aromatic heterocycles. The highest BCUT2D eigenvalue weighted by Crippen LogP contribution is 2.54. The van der Waals surface area contributed by atoms with Gasteiger partial charge in [-0.25, -0.2) is 0 Å². The second-order valence-electron chi connectivity index (χ2n) is 4.33. The Hall–Kier alpha value is -0.0400. The van der Waals surface area contributed by atoms with E-state index in [0.717, 1.165) is 18.4 Å². The van der Waals surface area contributed by atoms with Crippen molar-refractivity contribution in [1.29, 1.82) is 0 Å².